The molecule has 1 aliphatic rings. The molecule has 1 N–H and O–H groups in total. The maximum atomic E-state index is 5.08. The molecule has 0 radical (unpaired) electrons. The Labute approximate surface area is 148 Å². The van der Waals surface area contributed by atoms with Gasteiger partial charge in [-0.2, -0.15) is 4.37 Å². The first kappa shape index (κ1) is 17.3. The Kier molecular flexibility index (Phi) is 5.81. The van der Waals surface area contributed by atoms with Crippen LogP contribution in [0.4, 0.5) is 5.13 Å². The molecule has 0 saturated carbocycles. The van der Waals surface area contributed by atoms with Crippen molar-refractivity contribution in [3.63, 3.8) is 0 Å². The van der Waals surface area contributed by atoms with E-state index in [0.29, 0.717) is 18.6 Å². The molecule has 3 rings (SSSR count). The summed E-state index contributed by atoms with van der Waals surface area (Å²) in [6.45, 7) is 8.10. The highest BCUT2D eigenvalue weighted by atomic mass is 32.1. The highest BCUT2D eigenvalue weighted by Crippen LogP contribution is 2.23. The van der Waals surface area contributed by atoms with E-state index in [1.54, 1.807) is 7.11 Å². The molecule has 0 amide bonds. The van der Waals surface area contributed by atoms with Crippen molar-refractivity contribution in [3.05, 3.63) is 41.2 Å². The van der Waals surface area contributed by atoms with Crippen LogP contribution in [0.5, 0.6) is 0 Å². The fourth-order valence-electron chi connectivity index (χ4n) is 3.29. The van der Waals surface area contributed by atoms with Gasteiger partial charge in [-0.3, -0.25) is 4.90 Å². The van der Waals surface area contributed by atoms with Gasteiger partial charge in [0.25, 0.3) is 0 Å². The second-order valence-electron chi connectivity index (χ2n) is 6.63. The van der Waals surface area contributed by atoms with Gasteiger partial charge < -0.3 is 10.1 Å². The molecule has 0 fully saturated rings. The number of nitrogens with one attached hydrogen (secondary N) is 1. The van der Waals surface area contributed by atoms with Crippen LogP contribution in [-0.4, -0.2) is 40.5 Å². The summed E-state index contributed by atoms with van der Waals surface area (Å²) >= 11 is 1.41. The second-order valence-corrected chi connectivity index (χ2v) is 7.38. The molecule has 1 aromatic heterocycles. The summed E-state index contributed by atoms with van der Waals surface area (Å²) in [6.07, 6.45) is 1.14. The smallest absolute Gasteiger partial charge is 0.202 e. The minimum Gasteiger partial charge on any atom is -0.377 e. The molecule has 130 valence electrons. The Morgan fingerprint density at radius 2 is 2.08 bits per heavy atom. The highest BCUT2D eigenvalue weighted by Gasteiger charge is 2.25. The Bertz CT molecular complexity index is 658. The standard InChI is InChI=1S/C18H26N4OS/c1-13(2)16(10-19-18-20-17(12-23-3)21-24-18)22-9-8-14-6-4-5-7-15(14)11-22/h4-7,13,16H,8-12H2,1-3H3,(H,19,20,21). The number of fused-ring (bicyclic) bond motifs is 1. The van der Waals surface area contributed by atoms with Gasteiger partial charge in [-0.25, -0.2) is 4.98 Å². The number of benzene rings is 1. The van der Waals surface area contributed by atoms with Gasteiger partial charge in [-0.15, -0.1) is 0 Å². The zero-order valence-electron chi connectivity index (χ0n) is 14.7. The van der Waals surface area contributed by atoms with Crippen molar-refractivity contribution in [2.45, 2.75) is 39.5 Å². The molecule has 0 saturated heterocycles. The first-order chi connectivity index (χ1) is 11.7. The predicted molar refractivity (Wildman–Crippen MR) is 98.3 cm³/mol. The van der Waals surface area contributed by atoms with Crippen molar-refractivity contribution in [2.24, 2.45) is 5.92 Å². The van der Waals surface area contributed by atoms with E-state index in [1.807, 2.05) is 0 Å². The lowest BCUT2D eigenvalue weighted by Gasteiger charge is -2.37. The quantitative estimate of drug-likeness (QED) is 0.834. The summed E-state index contributed by atoms with van der Waals surface area (Å²) in [5.41, 5.74) is 2.96. The molecule has 5 nitrogen and oxygen atoms in total. The SMILES string of the molecule is COCc1nsc(NCC(C(C)C)N2CCc3ccccc3C2)n1. The minimum absolute atomic E-state index is 0.467. The maximum absolute atomic E-state index is 5.08. The number of hydrogen-bond acceptors (Lipinski definition) is 6. The van der Waals surface area contributed by atoms with Crippen molar-refractivity contribution in [3.8, 4) is 0 Å². The topological polar surface area (TPSA) is 50.3 Å². The third kappa shape index (κ3) is 4.12. The van der Waals surface area contributed by atoms with E-state index < -0.39 is 0 Å². The van der Waals surface area contributed by atoms with E-state index in [0.717, 1.165) is 37.0 Å². The number of ether oxygens (including phenoxy) is 1. The maximum Gasteiger partial charge on any atom is 0.202 e. The molecule has 1 aromatic carbocycles. The van der Waals surface area contributed by atoms with Crippen LogP contribution < -0.4 is 5.32 Å². The first-order valence-electron chi connectivity index (χ1n) is 8.53. The van der Waals surface area contributed by atoms with Crippen molar-refractivity contribution in [1.82, 2.24) is 14.3 Å². The molecule has 0 spiro atoms. The minimum atomic E-state index is 0.467. The number of rotatable bonds is 7. The Morgan fingerprint density at radius 3 is 2.83 bits per heavy atom. The van der Waals surface area contributed by atoms with Gasteiger partial charge in [-0.1, -0.05) is 38.1 Å². The van der Waals surface area contributed by atoms with E-state index in [-0.39, 0.29) is 0 Å². The number of anilines is 1. The van der Waals surface area contributed by atoms with Crippen molar-refractivity contribution < 1.29 is 4.74 Å². The predicted octanol–water partition coefficient (Wildman–Crippen LogP) is 3.18. The molecule has 24 heavy (non-hydrogen) atoms. The molecule has 1 unspecified atom stereocenters. The van der Waals surface area contributed by atoms with Crippen LogP contribution >= 0.6 is 11.5 Å². The van der Waals surface area contributed by atoms with Crippen LogP contribution in [0.15, 0.2) is 24.3 Å². The molecule has 1 atom stereocenters. The number of methoxy groups -OCH3 is 1. The Hall–Kier alpha value is -1.50. The van der Waals surface area contributed by atoms with Crippen LogP contribution in [0.3, 0.4) is 0 Å². The molecule has 2 heterocycles. The summed E-state index contributed by atoms with van der Waals surface area (Å²) in [5.74, 6) is 1.33. The Morgan fingerprint density at radius 1 is 1.29 bits per heavy atom. The summed E-state index contributed by atoms with van der Waals surface area (Å²) < 4.78 is 9.38. The zero-order chi connectivity index (χ0) is 16.9. The van der Waals surface area contributed by atoms with Crippen LogP contribution in [-0.2, 0) is 24.3 Å². The van der Waals surface area contributed by atoms with Gasteiger partial charge in [0, 0.05) is 44.3 Å². The van der Waals surface area contributed by atoms with Crippen molar-refractivity contribution >= 4 is 16.7 Å². The average molecular weight is 347 g/mol. The number of nitrogens with zero attached hydrogens (tertiary/aromatic N) is 3. The Balaban J connectivity index is 1.62. The summed E-state index contributed by atoms with van der Waals surface area (Å²) in [4.78, 5) is 7.06. The average Bonchev–Trinajstić information content (AvgIpc) is 3.02. The lowest BCUT2D eigenvalue weighted by atomic mass is 9.95. The zero-order valence-corrected chi connectivity index (χ0v) is 15.5. The van der Waals surface area contributed by atoms with Gasteiger partial charge in [0.05, 0.1) is 0 Å². The van der Waals surface area contributed by atoms with Gasteiger partial charge in [-0.05, 0) is 23.5 Å². The summed E-state index contributed by atoms with van der Waals surface area (Å²) in [6, 6.07) is 9.28. The van der Waals surface area contributed by atoms with E-state index in [2.05, 4.69) is 57.7 Å². The van der Waals surface area contributed by atoms with E-state index in [1.165, 1.54) is 22.7 Å². The summed E-state index contributed by atoms with van der Waals surface area (Å²) in [5, 5.41) is 4.35. The van der Waals surface area contributed by atoms with Crippen molar-refractivity contribution in [2.75, 3.05) is 25.5 Å². The molecule has 0 aliphatic carbocycles. The monoisotopic (exact) mass is 346 g/mol. The van der Waals surface area contributed by atoms with Crippen LogP contribution in [0.2, 0.25) is 0 Å². The lowest BCUT2D eigenvalue weighted by Crippen LogP contribution is -2.46. The fourth-order valence-corrected chi connectivity index (χ4v) is 3.87. The van der Waals surface area contributed by atoms with Gasteiger partial charge >= 0.3 is 0 Å². The van der Waals surface area contributed by atoms with Crippen LogP contribution in [0, 0.1) is 5.92 Å². The fraction of sp³-hybridized carbons (Fsp3) is 0.556. The van der Waals surface area contributed by atoms with Crippen molar-refractivity contribution in [1.29, 1.82) is 0 Å². The molecular weight excluding hydrogens is 320 g/mol. The number of hydrogen-bond donors (Lipinski definition) is 1. The normalized spacial score (nSPS) is 16.2. The highest BCUT2D eigenvalue weighted by molar-refractivity contribution is 7.09. The van der Waals surface area contributed by atoms with E-state index in [9.17, 15) is 0 Å². The summed E-state index contributed by atoms with van der Waals surface area (Å²) in [7, 11) is 1.66. The largest absolute Gasteiger partial charge is 0.377 e. The second kappa shape index (κ2) is 8.05. The molecular formula is C18H26N4OS. The van der Waals surface area contributed by atoms with E-state index >= 15 is 0 Å². The number of aromatic nitrogens is 2. The van der Waals surface area contributed by atoms with Gasteiger partial charge in [0.15, 0.2) is 5.82 Å². The third-order valence-electron chi connectivity index (χ3n) is 4.60. The molecule has 0 bridgehead atoms. The molecule has 1 aliphatic heterocycles. The first-order valence-corrected chi connectivity index (χ1v) is 9.31. The molecule has 2 aromatic rings. The van der Waals surface area contributed by atoms with Crippen LogP contribution in [0.1, 0.15) is 30.8 Å². The lowest BCUT2D eigenvalue weighted by molar-refractivity contribution is 0.147. The third-order valence-corrected chi connectivity index (χ3v) is 5.31. The molecule has 6 heteroatoms. The van der Waals surface area contributed by atoms with Crippen LogP contribution in [0.25, 0.3) is 0 Å². The van der Waals surface area contributed by atoms with E-state index in [4.69, 9.17) is 4.74 Å². The van der Waals surface area contributed by atoms with Gasteiger partial charge in [0.2, 0.25) is 5.13 Å². The van der Waals surface area contributed by atoms with Gasteiger partial charge in [0.1, 0.15) is 6.61 Å².